The van der Waals surface area contributed by atoms with Gasteiger partial charge in [0, 0.05) is 17.3 Å². The van der Waals surface area contributed by atoms with Crippen LogP contribution in [-0.4, -0.2) is 20.0 Å². The van der Waals surface area contributed by atoms with Crippen molar-refractivity contribution in [1.82, 2.24) is 20.0 Å². The first-order valence-electron chi connectivity index (χ1n) is 13.8. The molecule has 0 spiro atoms. The van der Waals surface area contributed by atoms with E-state index in [1.54, 1.807) is 29.1 Å². The van der Waals surface area contributed by atoms with Gasteiger partial charge in [0.25, 0.3) is 0 Å². The highest BCUT2D eigenvalue weighted by Gasteiger charge is 2.27. The predicted octanol–water partition coefficient (Wildman–Crippen LogP) is 7.73. The quantitative estimate of drug-likeness (QED) is 0.188. The number of fused-ring (bicyclic) bond motifs is 1. The Labute approximate surface area is 242 Å². The van der Waals surface area contributed by atoms with Gasteiger partial charge in [-0.15, -0.1) is 5.10 Å². The second-order valence-electron chi connectivity index (χ2n) is 9.99. The summed E-state index contributed by atoms with van der Waals surface area (Å²) in [7, 11) is 0. The van der Waals surface area contributed by atoms with Crippen molar-refractivity contribution in [2.45, 2.75) is 44.3 Å². The first-order valence-corrected chi connectivity index (χ1v) is 13.7. The van der Waals surface area contributed by atoms with Gasteiger partial charge in [0.1, 0.15) is 23.4 Å². The van der Waals surface area contributed by atoms with Crippen LogP contribution >= 0.6 is 11.6 Å². The van der Waals surface area contributed by atoms with Crippen molar-refractivity contribution in [3.8, 4) is 6.07 Å². The van der Waals surface area contributed by atoms with Gasteiger partial charge in [-0.05, 0) is 66.8 Å². The molecule has 0 unspecified atom stereocenters. The van der Waals surface area contributed by atoms with Crippen LogP contribution in [0.4, 0.5) is 20.2 Å². The Morgan fingerprint density at radius 3 is 2.61 bits per heavy atom. The third-order valence-corrected chi connectivity index (χ3v) is 7.40. The van der Waals surface area contributed by atoms with Crippen molar-refractivity contribution >= 4 is 33.9 Å². The highest BCUT2D eigenvalue weighted by Crippen LogP contribution is 2.38. The van der Waals surface area contributed by atoms with E-state index in [0.29, 0.717) is 45.0 Å². The minimum absolute atomic E-state index is 0.257. The average Bonchev–Trinajstić information content (AvgIpc) is 3.71. The molecule has 10 heteroatoms. The Bertz CT molecular complexity index is 1820. The lowest BCUT2D eigenvalue weighted by Gasteiger charge is -2.22. The lowest BCUT2D eigenvalue weighted by molar-refractivity contribution is 0.610. The van der Waals surface area contributed by atoms with Crippen LogP contribution in [0, 0.1) is 23.0 Å². The van der Waals surface area contributed by atoms with Gasteiger partial charge >= 0.3 is 0 Å². The molecular weight excluding hydrogens is 544 g/mol. The fourth-order valence-corrected chi connectivity index (χ4v) is 5.11. The van der Waals surface area contributed by atoms with Gasteiger partial charge < -0.3 is 10.6 Å². The number of hydrogen-bond donors (Lipinski definition) is 2. The average molecular weight is 571 g/mol. The van der Waals surface area contributed by atoms with Crippen LogP contribution in [0.5, 0.6) is 0 Å². The highest BCUT2D eigenvalue weighted by atomic mass is 35.5. The first kappa shape index (κ1) is 25.4. The second-order valence-corrected chi connectivity index (χ2v) is 10.4. The molecule has 0 aliphatic heterocycles. The largest absolute Gasteiger partial charge is 0.377 e. The number of hydrogen-bond acceptors (Lipinski definition) is 6. The molecule has 1 aliphatic carbocycles. The van der Waals surface area contributed by atoms with E-state index >= 15 is 0 Å². The Morgan fingerprint density at radius 2 is 1.90 bits per heavy atom. The standard InChI is InChI=1S/C31H26ClF2N7/c1-2-27(19-4-3-5-22(34)12-19)38-29-20(15-35)16-36-31-25(29)13-23(14-26(31)32)37-30(18-6-8-21(33)9-7-18)28-17-41(40-39-28)24-10-11-24/h3-9,12-14,16-17,24,27,30,37H,2,10-11H2,1H3,(H,36,38)/t27-,30+/m1/s1/i30D. The molecule has 1 aliphatic rings. The third kappa shape index (κ3) is 5.56. The Morgan fingerprint density at radius 1 is 1.10 bits per heavy atom. The number of nitriles is 1. The molecule has 2 N–H and O–H groups in total. The summed E-state index contributed by atoms with van der Waals surface area (Å²) in [4.78, 5) is 4.43. The van der Waals surface area contributed by atoms with Crippen LogP contribution in [0.3, 0.4) is 0 Å². The summed E-state index contributed by atoms with van der Waals surface area (Å²) in [6, 6.07) is 15.8. The number of pyridine rings is 1. The number of rotatable bonds is 9. The molecule has 7 nitrogen and oxygen atoms in total. The molecule has 206 valence electrons. The fraction of sp³-hybridized carbons (Fsp3) is 0.226. The molecule has 0 bridgehead atoms. The minimum atomic E-state index is -1.65. The number of halogens is 3. The van der Waals surface area contributed by atoms with E-state index < -0.39 is 11.8 Å². The zero-order chi connectivity index (χ0) is 29.4. The summed E-state index contributed by atoms with van der Waals surface area (Å²) in [6.45, 7) is 1.96. The van der Waals surface area contributed by atoms with Crippen LogP contribution in [0.25, 0.3) is 10.9 Å². The summed E-state index contributed by atoms with van der Waals surface area (Å²) in [5.74, 6) is -0.778. The van der Waals surface area contributed by atoms with Crippen LogP contribution in [-0.2, 0) is 0 Å². The topological polar surface area (TPSA) is 91.5 Å². The van der Waals surface area contributed by atoms with E-state index in [2.05, 4.69) is 32.0 Å². The maximum absolute atomic E-state index is 14.1. The van der Waals surface area contributed by atoms with Crippen molar-refractivity contribution in [2.75, 3.05) is 10.6 Å². The van der Waals surface area contributed by atoms with Gasteiger partial charge in [-0.25, -0.2) is 13.5 Å². The van der Waals surface area contributed by atoms with E-state index in [4.69, 9.17) is 11.6 Å². The molecule has 3 aromatic carbocycles. The van der Waals surface area contributed by atoms with E-state index in [9.17, 15) is 15.4 Å². The number of nitrogens with one attached hydrogen (secondary N) is 2. The van der Waals surface area contributed by atoms with E-state index in [1.807, 2.05) is 13.0 Å². The molecule has 1 saturated carbocycles. The van der Waals surface area contributed by atoms with Crippen molar-refractivity contribution in [3.05, 3.63) is 112 Å². The molecule has 0 saturated heterocycles. The summed E-state index contributed by atoms with van der Waals surface area (Å²) < 4.78 is 39.2. The maximum Gasteiger partial charge on any atom is 0.123 e. The number of aromatic nitrogens is 4. The van der Waals surface area contributed by atoms with E-state index in [0.717, 1.165) is 18.4 Å². The minimum Gasteiger partial charge on any atom is -0.377 e. The second kappa shape index (κ2) is 11.1. The molecule has 2 atom stereocenters. The third-order valence-electron chi connectivity index (χ3n) is 7.11. The lowest BCUT2D eigenvalue weighted by Crippen LogP contribution is -2.14. The lowest BCUT2D eigenvalue weighted by atomic mass is 10.0. The number of benzene rings is 3. The fourth-order valence-electron chi connectivity index (χ4n) is 4.84. The Hall–Kier alpha value is -4.55. The van der Waals surface area contributed by atoms with E-state index in [1.165, 1.54) is 42.6 Å². The molecule has 0 radical (unpaired) electrons. The van der Waals surface area contributed by atoms with Gasteiger partial charge in [0.15, 0.2) is 0 Å². The zero-order valence-corrected chi connectivity index (χ0v) is 22.8. The first-order chi connectivity index (χ1) is 20.3. The predicted molar refractivity (Wildman–Crippen MR) is 155 cm³/mol. The van der Waals surface area contributed by atoms with Crippen LogP contribution in [0.2, 0.25) is 5.02 Å². The van der Waals surface area contributed by atoms with Gasteiger partial charge in [-0.3, -0.25) is 4.98 Å². The van der Waals surface area contributed by atoms with Gasteiger partial charge in [0.05, 0.1) is 47.5 Å². The van der Waals surface area contributed by atoms with Crippen LogP contribution in [0.1, 0.15) is 68.0 Å². The molecule has 6 rings (SSSR count). The van der Waals surface area contributed by atoms with Crippen molar-refractivity contribution in [3.63, 3.8) is 0 Å². The molecule has 5 aromatic rings. The highest BCUT2D eigenvalue weighted by molar-refractivity contribution is 6.35. The maximum atomic E-state index is 14.1. The van der Waals surface area contributed by atoms with Crippen LogP contribution < -0.4 is 10.6 Å². The molecule has 0 amide bonds. The Balaban J connectivity index is 1.46. The van der Waals surface area contributed by atoms with E-state index in [-0.39, 0.29) is 23.5 Å². The molecular formula is C31H26ClF2N7. The summed E-state index contributed by atoms with van der Waals surface area (Å²) in [6.07, 6.45) is 5.79. The van der Waals surface area contributed by atoms with Crippen molar-refractivity contribution in [1.29, 1.82) is 5.26 Å². The molecule has 1 fully saturated rings. The summed E-state index contributed by atoms with van der Waals surface area (Å²) in [5.41, 5.74) is 3.18. The van der Waals surface area contributed by atoms with Crippen LogP contribution in [0.15, 0.2) is 73.1 Å². The molecule has 2 aromatic heterocycles. The van der Waals surface area contributed by atoms with Gasteiger partial charge in [-0.1, -0.05) is 48.0 Å². The SMILES string of the molecule is [2H][C@](Nc1cc(Cl)c2ncc(C#N)c(N[C@H](CC)c3cccc(F)c3)c2c1)(c1ccc(F)cc1)c1cn(C2CC2)nn1. The van der Waals surface area contributed by atoms with Crippen molar-refractivity contribution in [2.24, 2.45) is 0 Å². The summed E-state index contributed by atoms with van der Waals surface area (Å²) in [5, 5.41) is 26.0. The smallest absolute Gasteiger partial charge is 0.123 e. The number of nitrogens with zero attached hydrogens (tertiary/aromatic N) is 5. The number of anilines is 2. The normalized spacial score (nSPS) is 15.5. The monoisotopic (exact) mass is 570 g/mol. The van der Waals surface area contributed by atoms with Crippen molar-refractivity contribution < 1.29 is 10.2 Å². The van der Waals surface area contributed by atoms with Gasteiger partial charge in [0.2, 0.25) is 0 Å². The zero-order valence-electron chi connectivity index (χ0n) is 23.1. The molecule has 41 heavy (non-hydrogen) atoms. The Kier molecular flexibility index (Phi) is 6.91. The molecule has 2 heterocycles. The van der Waals surface area contributed by atoms with Gasteiger partial charge in [-0.2, -0.15) is 5.26 Å². The summed E-state index contributed by atoms with van der Waals surface area (Å²) >= 11 is 6.73.